The Morgan fingerprint density at radius 3 is 3.08 bits per heavy atom. The fraction of sp³-hybridized carbons (Fsp3) is 0.750. The molecule has 68 valence electrons. The highest BCUT2D eigenvalue weighted by Gasteiger charge is 2.25. The van der Waals surface area contributed by atoms with Crippen LogP contribution >= 0.6 is 0 Å². The maximum atomic E-state index is 11.2. The van der Waals surface area contributed by atoms with Crippen LogP contribution in [-0.2, 0) is 19.1 Å². The van der Waals surface area contributed by atoms with Crippen molar-refractivity contribution in [2.24, 2.45) is 5.92 Å². The predicted octanol–water partition coefficient (Wildman–Crippen LogP) is 0.155. The van der Waals surface area contributed by atoms with Gasteiger partial charge in [0.2, 0.25) is 0 Å². The molecule has 1 saturated heterocycles. The normalized spacial score (nSPS) is 23.8. The van der Waals surface area contributed by atoms with E-state index in [-0.39, 0.29) is 24.1 Å². The van der Waals surface area contributed by atoms with E-state index >= 15 is 0 Å². The lowest BCUT2D eigenvalue weighted by Gasteiger charge is -2.19. The molecule has 12 heavy (non-hydrogen) atoms. The SMILES string of the molecule is COC(=O)CC1COCCC1=O. The molecular formula is C8H12O4. The largest absolute Gasteiger partial charge is 0.469 e. The number of carbonyl (C=O) groups is 2. The van der Waals surface area contributed by atoms with Crippen LogP contribution in [-0.4, -0.2) is 32.1 Å². The number of rotatable bonds is 2. The number of hydrogen-bond donors (Lipinski definition) is 0. The van der Waals surface area contributed by atoms with E-state index < -0.39 is 0 Å². The minimum atomic E-state index is -0.348. The zero-order chi connectivity index (χ0) is 8.97. The standard InChI is InChI=1S/C8H12O4/c1-11-8(10)4-6-5-12-3-2-7(6)9/h6H,2-5H2,1H3. The van der Waals surface area contributed by atoms with Crippen LogP contribution in [0.2, 0.25) is 0 Å². The molecule has 0 amide bonds. The zero-order valence-electron chi connectivity index (χ0n) is 7.04. The molecule has 0 aromatic carbocycles. The number of Topliss-reactive ketones (excluding diaryl/α,β-unsaturated/α-hetero) is 1. The second-order valence-electron chi connectivity index (χ2n) is 2.77. The monoisotopic (exact) mass is 172 g/mol. The van der Waals surface area contributed by atoms with Gasteiger partial charge >= 0.3 is 5.97 Å². The molecule has 0 aliphatic carbocycles. The molecule has 0 N–H and O–H groups in total. The highest BCUT2D eigenvalue weighted by Crippen LogP contribution is 2.13. The molecule has 0 saturated carbocycles. The first-order chi connectivity index (χ1) is 5.74. The number of hydrogen-bond acceptors (Lipinski definition) is 4. The van der Waals surface area contributed by atoms with Gasteiger partial charge in [0, 0.05) is 6.42 Å². The van der Waals surface area contributed by atoms with Gasteiger partial charge in [-0.25, -0.2) is 0 Å². The van der Waals surface area contributed by atoms with Crippen LogP contribution in [0.25, 0.3) is 0 Å². The smallest absolute Gasteiger partial charge is 0.306 e. The van der Waals surface area contributed by atoms with Gasteiger partial charge in [0.1, 0.15) is 5.78 Å². The van der Waals surface area contributed by atoms with E-state index in [2.05, 4.69) is 4.74 Å². The summed E-state index contributed by atoms with van der Waals surface area (Å²) in [6, 6.07) is 0. The number of ether oxygens (including phenoxy) is 2. The van der Waals surface area contributed by atoms with Gasteiger partial charge in [0.25, 0.3) is 0 Å². The Bertz CT molecular complexity index is 187. The summed E-state index contributed by atoms with van der Waals surface area (Å²) < 4.78 is 9.52. The van der Waals surface area contributed by atoms with Crippen molar-refractivity contribution in [3.8, 4) is 0 Å². The summed E-state index contributed by atoms with van der Waals surface area (Å²) in [4.78, 5) is 22.0. The minimum Gasteiger partial charge on any atom is -0.469 e. The van der Waals surface area contributed by atoms with E-state index in [1.807, 2.05) is 0 Å². The predicted molar refractivity (Wildman–Crippen MR) is 40.6 cm³/mol. The van der Waals surface area contributed by atoms with E-state index in [1.165, 1.54) is 7.11 Å². The summed E-state index contributed by atoms with van der Waals surface area (Å²) in [6.45, 7) is 0.838. The van der Waals surface area contributed by atoms with E-state index in [9.17, 15) is 9.59 Å². The quantitative estimate of drug-likeness (QED) is 0.556. The highest BCUT2D eigenvalue weighted by molar-refractivity contribution is 5.85. The Morgan fingerprint density at radius 2 is 2.50 bits per heavy atom. The highest BCUT2D eigenvalue weighted by atomic mass is 16.5. The molecule has 1 aliphatic rings. The summed E-state index contributed by atoms with van der Waals surface area (Å²) in [5, 5.41) is 0. The molecule has 1 heterocycles. The van der Waals surface area contributed by atoms with Crippen molar-refractivity contribution >= 4 is 11.8 Å². The van der Waals surface area contributed by atoms with Gasteiger partial charge < -0.3 is 9.47 Å². The van der Waals surface area contributed by atoms with Crippen LogP contribution in [0.5, 0.6) is 0 Å². The van der Waals surface area contributed by atoms with Crippen molar-refractivity contribution in [3.63, 3.8) is 0 Å². The van der Waals surface area contributed by atoms with Gasteiger partial charge in [-0.1, -0.05) is 0 Å². The van der Waals surface area contributed by atoms with Crippen molar-refractivity contribution in [2.75, 3.05) is 20.3 Å². The number of ketones is 1. The van der Waals surface area contributed by atoms with E-state index in [0.29, 0.717) is 19.6 Å². The lowest BCUT2D eigenvalue weighted by Crippen LogP contribution is -2.29. The second kappa shape index (κ2) is 4.21. The van der Waals surface area contributed by atoms with Crippen LogP contribution in [0.3, 0.4) is 0 Å². The molecular weight excluding hydrogens is 160 g/mol. The lowest BCUT2D eigenvalue weighted by molar-refractivity contribution is -0.146. The molecule has 1 rings (SSSR count). The van der Waals surface area contributed by atoms with Crippen LogP contribution in [0.15, 0.2) is 0 Å². The molecule has 1 atom stereocenters. The van der Waals surface area contributed by atoms with E-state index in [4.69, 9.17) is 4.74 Å². The summed E-state index contributed by atoms with van der Waals surface area (Å²) >= 11 is 0. The van der Waals surface area contributed by atoms with Crippen LogP contribution in [0.1, 0.15) is 12.8 Å². The first-order valence-electron chi connectivity index (χ1n) is 3.91. The number of methoxy groups -OCH3 is 1. The van der Waals surface area contributed by atoms with Crippen molar-refractivity contribution in [2.45, 2.75) is 12.8 Å². The molecule has 0 aromatic rings. The fourth-order valence-electron chi connectivity index (χ4n) is 1.15. The number of esters is 1. The Balaban J connectivity index is 2.39. The molecule has 0 radical (unpaired) electrons. The molecule has 0 aromatic heterocycles. The number of carbonyl (C=O) groups excluding carboxylic acids is 2. The average Bonchev–Trinajstić information content (AvgIpc) is 2.09. The molecule has 4 heteroatoms. The Kier molecular flexibility index (Phi) is 3.22. The van der Waals surface area contributed by atoms with Gasteiger partial charge in [0.05, 0.1) is 32.7 Å². The maximum Gasteiger partial charge on any atom is 0.306 e. The van der Waals surface area contributed by atoms with Crippen LogP contribution in [0.4, 0.5) is 0 Å². The zero-order valence-corrected chi connectivity index (χ0v) is 7.04. The Labute approximate surface area is 70.8 Å². The molecule has 1 aliphatic heterocycles. The molecule has 1 fully saturated rings. The summed E-state index contributed by atoms with van der Waals surface area (Å²) in [7, 11) is 1.32. The van der Waals surface area contributed by atoms with Gasteiger partial charge in [-0.15, -0.1) is 0 Å². The third-order valence-electron chi connectivity index (χ3n) is 1.91. The van der Waals surface area contributed by atoms with Gasteiger partial charge in [-0.2, -0.15) is 0 Å². The topological polar surface area (TPSA) is 52.6 Å². The Morgan fingerprint density at radius 1 is 1.75 bits per heavy atom. The van der Waals surface area contributed by atoms with Crippen molar-refractivity contribution in [1.29, 1.82) is 0 Å². The van der Waals surface area contributed by atoms with Gasteiger partial charge in [-0.05, 0) is 0 Å². The molecule has 0 spiro atoms. The third-order valence-corrected chi connectivity index (χ3v) is 1.91. The maximum absolute atomic E-state index is 11.2. The minimum absolute atomic E-state index is 0.103. The van der Waals surface area contributed by atoms with Gasteiger partial charge in [0.15, 0.2) is 0 Å². The van der Waals surface area contributed by atoms with Crippen LogP contribution < -0.4 is 0 Å². The van der Waals surface area contributed by atoms with Crippen molar-refractivity contribution in [1.82, 2.24) is 0 Å². The molecule has 0 bridgehead atoms. The van der Waals surface area contributed by atoms with Crippen molar-refractivity contribution in [3.05, 3.63) is 0 Å². The summed E-state index contributed by atoms with van der Waals surface area (Å²) in [5.74, 6) is -0.531. The van der Waals surface area contributed by atoms with Crippen LogP contribution in [0, 0.1) is 5.92 Å². The molecule has 1 unspecified atom stereocenters. The fourth-order valence-corrected chi connectivity index (χ4v) is 1.15. The lowest BCUT2D eigenvalue weighted by atomic mass is 9.97. The Hall–Kier alpha value is -0.900. The van der Waals surface area contributed by atoms with Gasteiger partial charge in [-0.3, -0.25) is 9.59 Å². The average molecular weight is 172 g/mol. The first kappa shape index (κ1) is 9.19. The first-order valence-corrected chi connectivity index (χ1v) is 3.91. The molecule has 4 nitrogen and oxygen atoms in total. The van der Waals surface area contributed by atoms with E-state index in [0.717, 1.165) is 0 Å². The summed E-state index contributed by atoms with van der Waals surface area (Å²) in [6.07, 6.45) is 0.566. The van der Waals surface area contributed by atoms with E-state index in [1.54, 1.807) is 0 Å². The third kappa shape index (κ3) is 2.30. The second-order valence-corrected chi connectivity index (χ2v) is 2.77. The van der Waals surface area contributed by atoms with Crippen molar-refractivity contribution < 1.29 is 19.1 Å². The summed E-state index contributed by atoms with van der Waals surface area (Å²) in [5.41, 5.74) is 0.